The van der Waals surface area contributed by atoms with Gasteiger partial charge in [-0.2, -0.15) is 0 Å². The average molecular weight is 309 g/mol. The predicted molar refractivity (Wildman–Crippen MR) is 85.4 cm³/mol. The van der Waals surface area contributed by atoms with Crippen molar-refractivity contribution in [2.45, 2.75) is 45.3 Å². The molecule has 0 aromatic heterocycles. The van der Waals surface area contributed by atoms with E-state index in [1.807, 2.05) is 25.7 Å². The summed E-state index contributed by atoms with van der Waals surface area (Å²) >= 11 is 0. The second-order valence-corrected chi connectivity index (χ2v) is 6.59. The van der Waals surface area contributed by atoms with Crippen LogP contribution >= 0.6 is 0 Å². The number of alkyl carbamates (subject to hydrolysis) is 1. The first kappa shape index (κ1) is 16.4. The van der Waals surface area contributed by atoms with Crippen LogP contribution in [0.3, 0.4) is 0 Å². The Labute approximate surface area is 130 Å². The number of amides is 1. The van der Waals surface area contributed by atoms with Gasteiger partial charge in [-0.05, 0) is 45.7 Å². The maximum Gasteiger partial charge on any atom is 0.407 e. The molecule has 0 bridgehead atoms. The van der Waals surface area contributed by atoms with Gasteiger partial charge in [0.15, 0.2) is 0 Å². The van der Waals surface area contributed by atoms with Crippen molar-refractivity contribution in [3.63, 3.8) is 0 Å². The summed E-state index contributed by atoms with van der Waals surface area (Å²) in [4.78, 5) is 13.7. The molecule has 3 N–H and O–H groups in total. The molecule has 0 unspecified atom stereocenters. The van der Waals surface area contributed by atoms with Crippen molar-refractivity contribution in [1.29, 1.82) is 0 Å². The SMILES string of the molecule is CC(C)(C)OC(=O)NC1CCN(c2c(N)cccc2F)CC1. The number of piperidine rings is 1. The fourth-order valence-corrected chi connectivity index (χ4v) is 2.59. The van der Waals surface area contributed by atoms with Crippen LogP contribution in [0.2, 0.25) is 0 Å². The Morgan fingerprint density at radius 2 is 2.00 bits per heavy atom. The molecule has 2 rings (SSSR count). The molecular formula is C16H24FN3O2. The fraction of sp³-hybridized carbons (Fsp3) is 0.562. The maximum absolute atomic E-state index is 13.9. The van der Waals surface area contributed by atoms with E-state index in [0.717, 1.165) is 12.8 Å². The third kappa shape index (κ3) is 4.26. The first-order valence-corrected chi connectivity index (χ1v) is 7.55. The number of nitrogens with two attached hydrogens (primary N) is 1. The molecule has 1 aliphatic heterocycles. The van der Waals surface area contributed by atoms with E-state index in [2.05, 4.69) is 5.32 Å². The zero-order valence-corrected chi connectivity index (χ0v) is 13.4. The number of nitrogen functional groups attached to an aromatic ring is 1. The molecule has 1 fully saturated rings. The summed E-state index contributed by atoms with van der Waals surface area (Å²) in [6.07, 6.45) is 1.05. The van der Waals surface area contributed by atoms with Crippen LogP contribution in [-0.4, -0.2) is 30.8 Å². The highest BCUT2D eigenvalue weighted by molar-refractivity contribution is 5.69. The quantitative estimate of drug-likeness (QED) is 0.824. The number of hydrogen-bond donors (Lipinski definition) is 2. The van der Waals surface area contributed by atoms with Crippen molar-refractivity contribution >= 4 is 17.5 Å². The Balaban J connectivity index is 1.90. The van der Waals surface area contributed by atoms with E-state index in [1.54, 1.807) is 12.1 Å². The molecule has 1 heterocycles. The number of carbonyl (C=O) groups is 1. The Morgan fingerprint density at radius 1 is 1.36 bits per heavy atom. The van der Waals surface area contributed by atoms with Crippen molar-refractivity contribution in [3.8, 4) is 0 Å². The highest BCUT2D eigenvalue weighted by Gasteiger charge is 2.25. The summed E-state index contributed by atoms with van der Waals surface area (Å²) < 4.78 is 19.2. The van der Waals surface area contributed by atoms with E-state index in [9.17, 15) is 9.18 Å². The third-order valence-electron chi connectivity index (χ3n) is 3.55. The number of nitrogens with zero attached hydrogens (tertiary/aromatic N) is 1. The molecule has 1 aromatic carbocycles. The summed E-state index contributed by atoms with van der Waals surface area (Å²) in [5, 5.41) is 2.86. The number of benzene rings is 1. The molecular weight excluding hydrogens is 285 g/mol. The van der Waals surface area contributed by atoms with Gasteiger partial charge < -0.3 is 20.7 Å². The number of hydrogen-bond acceptors (Lipinski definition) is 4. The molecule has 1 saturated heterocycles. The van der Waals surface area contributed by atoms with Gasteiger partial charge in [-0.1, -0.05) is 6.07 Å². The first-order valence-electron chi connectivity index (χ1n) is 7.55. The van der Waals surface area contributed by atoms with Gasteiger partial charge in [0.05, 0.1) is 11.4 Å². The third-order valence-corrected chi connectivity index (χ3v) is 3.55. The number of anilines is 2. The lowest BCUT2D eigenvalue weighted by Crippen LogP contribution is -2.46. The van der Waals surface area contributed by atoms with Gasteiger partial charge in [-0.3, -0.25) is 0 Å². The van der Waals surface area contributed by atoms with Crippen LogP contribution in [-0.2, 0) is 4.74 Å². The molecule has 0 saturated carbocycles. The van der Waals surface area contributed by atoms with Crippen molar-refractivity contribution in [1.82, 2.24) is 5.32 Å². The van der Waals surface area contributed by atoms with Gasteiger partial charge in [-0.15, -0.1) is 0 Å². The highest BCUT2D eigenvalue weighted by Crippen LogP contribution is 2.29. The summed E-state index contributed by atoms with van der Waals surface area (Å²) in [5.74, 6) is -0.307. The molecule has 0 aliphatic carbocycles. The Hall–Kier alpha value is -1.98. The normalized spacial score (nSPS) is 16.5. The lowest BCUT2D eigenvalue weighted by Gasteiger charge is -2.35. The van der Waals surface area contributed by atoms with Crippen LogP contribution in [0.25, 0.3) is 0 Å². The van der Waals surface area contributed by atoms with Crippen LogP contribution in [0.15, 0.2) is 18.2 Å². The van der Waals surface area contributed by atoms with E-state index in [1.165, 1.54) is 6.07 Å². The topological polar surface area (TPSA) is 67.6 Å². The van der Waals surface area contributed by atoms with E-state index >= 15 is 0 Å². The van der Waals surface area contributed by atoms with E-state index < -0.39 is 11.7 Å². The molecule has 0 spiro atoms. The van der Waals surface area contributed by atoms with Crippen LogP contribution in [0.4, 0.5) is 20.6 Å². The number of rotatable bonds is 2. The molecule has 0 atom stereocenters. The molecule has 0 radical (unpaired) electrons. The summed E-state index contributed by atoms with van der Waals surface area (Å²) in [5.41, 5.74) is 6.26. The second-order valence-electron chi connectivity index (χ2n) is 6.59. The summed E-state index contributed by atoms with van der Waals surface area (Å²) in [6, 6.07) is 4.75. The van der Waals surface area contributed by atoms with Gasteiger partial charge in [0, 0.05) is 19.1 Å². The summed E-state index contributed by atoms with van der Waals surface area (Å²) in [6.45, 7) is 6.78. The number of halogens is 1. The zero-order valence-electron chi connectivity index (χ0n) is 13.4. The molecule has 1 aromatic rings. The van der Waals surface area contributed by atoms with Gasteiger partial charge in [0.1, 0.15) is 11.4 Å². The number of nitrogens with one attached hydrogen (secondary N) is 1. The van der Waals surface area contributed by atoms with Crippen LogP contribution < -0.4 is 16.0 Å². The Bertz CT molecular complexity index is 514. The predicted octanol–water partition coefficient (Wildman–Crippen LogP) is 2.90. The van der Waals surface area contributed by atoms with E-state index in [0.29, 0.717) is 24.5 Å². The second kappa shape index (κ2) is 6.42. The van der Waals surface area contributed by atoms with Gasteiger partial charge in [0.25, 0.3) is 0 Å². The van der Waals surface area contributed by atoms with E-state index in [4.69, 9.17) is 10.5 Å². The lowest BCUT2D eigenvalue weighted by molar-refractivity contribution is 0.0497. The van der Waals surface area contributed by atoms with Crippen molar-refractivity contribution in [3.05, 3.63) is 24.0 Å². The monoisotopic (exact) mass is 309 g/mol. The number of carbonyl (C=O) groups excluding carboxylic acids is 1. The largest absolute Gasteiger partial charge is 0.444 e. The van der Waals surface area contributed by atoms with Crippen LogP contribution in [0.5, 0.6) is 0 Å². The standard InChI is InChI=1S/C16H24FN3O2/c1-16(2,3)22-15(21)19-11-7-9-20(10-8-11)14-12(17)5-4-6-13(14)18/h4-6,11H,7-10,18H2,1-3H3,(H,19,21). The molecule has 1 aliphatic rings. The van der Waals surface area contributed by atoms with Gasteiger partial charge >= 0.3 is 6.09 Å². The van der Waals surface area contributed by atoms with E-state index in [-0.39, 0.29) is 11.9 Å². The molecule has 1 amide bonds. The smallest absolute Gasteiger partial charge is 0.407 e. The molecule has 122 valence electrons. The van der Waals surface area contributed by atoms with Crippen molar-refractivity contribution in [2.75, 3.05) is 23.7 Å². The van der Waals surface area contributed by atoms with Gasteiger partial charge in [-0.25, -0.2) is 9.18 Å². The minimum Gasteiger partial charge on any atom is -0.444 e. The molecule has 22 heavy (non-hydrogen) atoms. The minimum absolute atomic E-state index is 0.0408. The van der Waals surface area contributed by atoms with Crippen LogP contribution in [0, 0.1) is 5.82 Å². The first-order chi connectivity index (χ1) is 10.3. The summed E-state index contributed by atoms with van der Waals surface area (Å²) in [7, 11) is 0. The maximum atomic E-state index is 13.9. The number of ether oxygens (including phenoxy) is 1. The van der Waals surface area contributed by atoms with Crippen molar-refractivity contribution < 1.29 is 13.9 Å². The number of para-hydroxylation sites is 1. The Morgan fingerprint density at radius 3 is 2.55 bits per heavy atom. The minimum atomic E-state index is -0.508. The van der Waals surface area contributed by atoms with Crippen LogP contribution in [0.1, 0.15) is 33.6 Å². The van der Waals surface area contributed by atoms with Gasteiger partial charge in [0.2, 0.25) is 0 Å². The Kier molecular flexibility index (Phi) is 4.78. The average Bonchev–Trinajstić information content (AvgIpc) is 2.38. The zero-order chi connectivity index (χ0) is 16.3. The highest BCUT2D eigenvalue weighted by atomic mass is 19.1. The lowest BCUT2D eigenvalue weighted by atomic mass is 10.0. The van der Waals surface area contributed by atoms with Crippen molar-refractivity contribution in [2.24, 2.45) is 0 Å². The molecule has 6 heteroatoms. The molecule has 5 nitrogen and oxygen atoms in total. The fourth-order valence-electron chi connectivity index (χ4n) is 2.59.